The highest BCUT2D eigenvalue weighted by molar-refractivity contribution is 7.99. The fourth-order valence-corrected chi connectivity index (χ4v) is 2.52. The Morgan fingerprint density at radius 2 is 2.37 bits per heavy atom. The molecule has 19 heavy (non-hydrogen) atoms. The summed E-state index contributed by atoms with van der Waals surface area (Å²) in [5.74, 6) is -0.592. The van der Waals surface area contributed by atoms with Gasteiger partial charge in [0, 0.05) is 11.6 Å². The molecule has 1 unspecified atom stereocenters. The number of rotatable bonds is 9. The maximum atomic E-state index is 11.5. The van der Waals surface area contributed by atoms with Gasteiger partial charge >= 0.3 is 5.97 Å². The molecule has 2 amide bonds. The molecule has 9 heteroatoms. The number of carboxylic acid groups (broad SMARTS) is 1. The highest BCUT2D eigenvalue weighted by atomic mass is 32.2. The number of carbonyl (C=O) groups is 3. The van der Waals surface area contributed by atoms with Gasteiger partial charge in [0.2, 0.25) is 12.3 Å². The maximum Gasteiger partial charge on any atom is 0.326 e. The van der Waals surface area contributed by atoms with Crippen LogP contribution in [0.25, 0.3) is 0 Å². The Morgan fingerprint density at radius 3 is 2.95 bits per heavy atom. The number of thiazole rings is 1. The Labute approximate surface area is 117 Å². The topological polar surface area (TPSA) is 108 Å². The van der Waals surface area contributed by atoms with E-state index in [9.17, 15) is 14.4 Å². The summed E-state index contributed by atoms with van der Waals surface area (Å²) < 4.78 is 0. The number of amides is 2. The summed E-state index contributed by atoms with van der Waals surface area (Å²) in [5, 5.41) is 15.9. The molecule has 3 N–H and O–H groups in total. The van der Waals surface area contributed by atoms with Crippen LogP contribution in [0.5, 0.6) is 0 Å². The monoisotopic (exact) mass is 303 g/mol. The van der Waals surface area contributed by atoms with Crippen molar-refractivity contribution in [3.63, 3.8) is 0 Å². The molecule has 0 spiro atoms. The van der Waals surface area contributed by atoms with Crippen molar-refractivity contribution >= 4 is 46.5 Å². The van der Waals surface area contributed by atoms with Gasteiger partial charge in [0.15, 0.2) is 5.13 Å². The smallest absolute Gasteiger partial charge is 0.326 e. The number of carbonyl (C=O) groups excluding carboxylic acids is 2. The molecule has 1 atom stereocenters. The predicted octanol–water partition coefficient (Wildman–Crippen LogP) is 0.404. The number of nitrogens with zero attached hydrogens (tertiary/aromatic N) is 1. The molecule has 0 fully saturated rings. The number of nitrogens with one attached hydrogen (secondary N) is 2. The van der Waals surface area contributed by atoms with E-state index in [1.54, 1.807) is 11.6 Å². The van der Waals surface area contributed by atoms with Crippen LogP contribution in [0.15, 0.2) is 11.6 Å². The summed E-state index contributed by atoms with van der Waals surface area (Å²) >= 11 is 2.63. The van der Waals surface area contributed by atoms with E-state index in [0.29, 0.717) is 17.3 Å². The van der Waals surface area contributed by atoms with E-state index in [-0.39, 0.29) is 18.1 Å². The molecular weight excluding hydrogens is 290 g/mol. The van der Waals surface area contributed by atoms with Crippen molar-refractivity contribution in [3.05, 3.63) is 11.6 Å². The van der Waals surface area contributed by atoms with Crippen molar-refractivity contribution in [2.75, 3.05) is 16.8 Å². The van der Waals surface area contributed by atoms with Crippen molar-refractivity contribution in [2.24, 2.45) is 0 Å². The van der Waals surface area contributed by atoms with Gasteiger partial charge in [-0.1, -0.05) is 0 Å². The predicted molar refractivity (Wildman–Crippen MR) is 73.3 cm³/mol. The minimum Gasteiger partial charge on any atom is -0.480 e. The molecule has 0 aromatic carbocycles. The first kappa shape index (κ1) is 15.4. The molecule has 104 valence electrons. The van der Waals surface area contributed by atoms with Crippen LogP contribution in [0.3, 0.4) is 0 Å². The van der Waals surface area contributed by atoms with Crippen molar-refractivity contribution in [2.45, 2.75) is 12.5 Å². The maximum absolute atomic E-state index is 11.5. The minimum absolute atomic E-state index is 0.185. The van der Waals surface area contributed by atoms with E-state index >= 15 is 0 Å². The van der Waals surface area contributed by atoms with Gasteiger partial charge in [0.1, 0.15) is 6.04 Å². The lowest BCUT2D eigenvalue weighted by Gasteiger charge is -2.10. The first-order valence-electron chi connectivity index (χ1n) is 5.33. The number of hydrogen-bond acceptors (Lipinski definition) is 6. The highest BCUT2D eigenvalue weighted by Crippen LogP contribution is 2.11. The van der Waals surface area contributed by atoms with Gasteiger partial charge in [-0.05, 0) is 12.2 Å². The Hall–Kier alpha value is -1.61. The molecule has 0 aliphatic carbocycles. The van der Waals surface area contributed by atoms with E-state index in [1.807, 2.05) is 0 Å². The van der Waals surface area contributed by atoms with Crippen molar-refractivity contribution in [3.8, 4) is 0 Å². The number of carboxylic acids is 1. The molecule has 0 radical (unpaired) electrons. The number of aliphatic carboxylic acids is 1. The van der Waals surface area contributed by atoms with Crippen LogP contribution in [-0.4, -0.2) is 45.9 Å². The molecule has 0 aliphatic heterocycles. The van der Waals surface area contributed by atoms with E-state index in [2.05, 4.69) is 15.6 Å². The standard InChI is InChI=1S/C10H13N3O4S2/c14-6-12-7(9(16)17)1-3-18-5-8(15)13-10-11-2-4-19-10/h2,4,6-7H,1,3,5H2,(H,12,14)(H,16,17)(H,11,13,15). The van der Waals surface area contributed by atoms with Crippen LogP contribution in [0.2, 0.25) is 0 Å². The fourth-order valence-electron chi connectivity index (χ4n) is 1.17. The van der Waals surface area contributed by atoms with E-state index in [4.69, 9.17) is 5.11 Å². The lowest BCUT2D eigenvalue weighted by atomic mass is 10.2. The number of hydrogen-bond donors (Lipinski definition) is 3. The van der Waals surface area contributed by atoms with Crippen molar-refractivity contribution in [1.29, 1.82) is 0 Å². The summed E-state index contributed by atoms with van der Waals surface area (Å²) in [6, 6.07) is -0.910. The van der Waals surface area contributed by atoms with Gasteiger partial charge in [-0.25, -0.2) is 9.78 Å². The van der Waals surface area contributed by atoms with E-state index in [0.717, 1.165) is 0 Å². The molecule has 7 nitrogen and oxygen atoms in total. The average Bonchev–Trinajstić information content (AvgIpc) is 2.85. The lowest BCUT2D eigenvalue weighted by molar-refractivity contribution is -0.140. The highest BCUT2D eigenvalue weighted by Gasteiger charge is 2.15. The largest absolute Gasteiger partial charge is 0.480 e. The van der Waals surface area contributed by atoms with Crippen LogP contribution in [0.4, 0.5) is 5.13 Å². The second kappa shape index (κ2) is 8.48. The third kappa shape index (κ3) is 6.20. The van der Waals surface area contributed by atoms with Crippen LogP contribution >= 0.6 is 23.1 Å². The molecular formula is C10H13N3O4S2. The summed E-state index contributed by atoms with van der Waals surface area (Å²) in [4.78, 5) is 36.3. The molecule has 1 rings (SSSR count). The van der Waals surface area contributed by atoms with Gasteiger partial charge < -0.3 is 15.7 Å². The number of anilines is 1. The Balaban J connectivity index is 2.17. The fraction of sp³-hybridized carbons (Fsp3) is 0.400. The minimum atomic E-state index is -1.08. The van der Waals surface area contributed by atoms with Crippen LogP contribution in [0.1, 0.15) is 6.42 Å². The van der Waals surface area contributed by atoms with Crippen LogP contribution < -0.4 is 10.6 Å². The molecule has 1 heterocycles. The van der Waals surface area contributed by atoms with Gasteiger partial charge in [-0.15, -0.1) is 11.3 Å². The summed E-state index contributed by atoms with van der Waals surface area (Å²) in [6.45, 7) is 0. The average molecular weight is 303 g/mol. The van der Waals surface area contributed by atoms with E-state index in [1.165, 1.54) is 23.1 Å². The summed E-state index contributed by atoms with van der Waals surface area (Å²) in [6.07, 6.45) is 2.22. The molecule has 1 aromatic rings. The normalized spacial score (nSPS) is 11.6. The lowest BCUT2D eigenvalue weighted by Crippen LogP contribution is -2.36. The van der Waals surface area contributed by atoms with Gasteiger partial charge in [0.25, 0.3) is 0 Å². The van der Waals surface area contributed by atoms with Gasteiger partial charge in [-0.3, -0.25) is 9.59 Å². The molecule has 0 saturated carbocycles. The van der Waals surface area contributed by atoms with E-state index < -0.39 is 12.0 Å². The third-order valence-corrected chi connectivity index (χ3v) is 3.71. The second-order valence-corrected chi connectivity index (χ2v) is 5.40. The molecule has 0 bridgehead atoms. The zero-order chi connectivity index (χ0) is 14.1. The number of aromatic nitrogens is 1. The van der Waals surface area contributed by atoms with Crippen LogP contribution in [0, 0.1) is 0 Å². The Morgan fingerprint density at radius 1 is 1.58 bits per heavy atom. The quantitative estimate of drug-likeness (QED) is 0.450. The summed E-state index contributed by atoms with van der Waals surface area (Å²) in [5.41, 5.74) is 0. The molecule has 0 aliphatic rings. The first-order chi connectivity index (χ1) is 9.13. The van der Waals surface area contributed by atoms with Crippen molar-refractivity contribution in [1.82, 2.24) is 10.3 Å². The molecule has 0 saturated heterocycles. The third-order valence-electron chi connectivity index (χ3n) is 2.03. The molecule has 1 aromatic heterocycles. The van der Waals surface area contributed by atoms with Crippen LogP contribution in [-0.2, 0) is 14.4 Å². The van der Waals surface area contributed by atoms with Crippen molar-refractivity contribution < 1.29 is 19.5 Å². The summed E-state index contributed by atoms with van der Waals surface area (Å²) in [7, 11) is 0. The Kier molecular flexibility index (Phi) is 6.90. The second-order valence-electron chi connectivity index (χ2n) is 3.40. The Bertz CT molecular complexity index is 424. The number of thioether (sulfide) groups is 1. The zero-order valence-corrected chi connectivity index (χ0v) is 11.5. The van der Waals surface area contributed by atoms with Gasteiger partial charge in [0.05, 0.1) is 5.75 Å². The zero-order valence-electron chi connectivity index (χ0n) is 9.87. The first-order valence-corrected chi connectivity index (χ1v) is 7.36. The SMILES string of the molecule is O=CNC(CCSCC(=O)Nc1nccs1)C(=O)O. The van der Waals surface area contributed by atoms with Gasteiger partial charge in [-0.2, -0.15) is 11.8 Å².